The highest BCUT2D eigenvalue weighted by Gasteiger charge is 2.31. The van der Waals surface area contributed by atoms with Gasteiger partial charge in [-0.05, 0) is 43.3 Å². The number of rotatable bonds is 8. The molecule has 1 heterocycles. The van der Waals surface area contributed by atoms with Crippen LogP contribution in [0.15, 0.2) is 42.5 Å². The molecule has 0 aliphatic carbocycles. The van der Waals surface area contributed by atoms with E-state index in [4.69, 9.17) is 14.2 Å². The van der Waals surface area contributed by atoms with E-state index >= 15 is 0 Å². The lowest BCUT2D eigenvalue weighted by Crippen LogP contribution is -2.31. The maximum atomic E-state index is 12.6. The monoisotopic (exact) mass is 398 g/mol. The molecule has 1 atom stereocenters. The minimum Gasteiger partial charge on any atom is -0.497 e. The zero-order chi connectivity index (χ0) is 20.8. The third-order valence-electron chi connectivity index (χ3n) is 4.87. The van der Waals surface area contributed by atoms with Gasteiger partial charge in [-0.15, -0.1) is 0 Å². The highest BCUT2D eigenvalue weighted by Crippen LogP contribution is 2.27. The standard InChI is InChI=1S/C22H26N2O5/c1-4-29-17-7-5-16(6-8-17)24-14-15(11-21(24)25)13-23-22(26)19-10-9-18(27-2)12-20(19)28-3/h5-10,12,15H,4,11,13-14H2,1-3H3,(H,23,26). The smallest absolute Gasteiger partial charge is 0.255 e. The summed E-state index contributed by atoms with van der Waals surface area (Å²) in [5.74, 6) is 1.69. The van der Waals surface area contributed by atoms with Crippen molar-refractivity contribution in [3.63, 3.8) is 0 Å². The number of amides is 2. The van der Waals surface area contributed by atoms with Crippen molar-refractivity contribution in [1.82, 2.24) is 5.32 Å². The number of anilines is 1. The van der Waals surface area contributed by atoms with Gasteiger partial charge in [0.1, 0.15) is 17.2 Å². The Morgan fingerprint density at radius 1 is 1.10 bits per heavy atom. The maximum Gasteiger partial charge on any atom is 0.255 e. The second kappa shape index (κ2) is 9.32. The van der Waals surface area contributed by atoms with Crippen molar-refractivity contribution in [2.75, 3.05) is 38.8 Å². The molecule has 1 N–H and O–H groups in total. The SMILES string of the molecule is CCOc1ccc(N2CC(CNC(=O)c3ccc(OC)cc3OC)CC2=O)cc1. The quantitative estimate of drug-likeness (QED) is 0.740. The molecule has 0 bridgehead atoms. The Balaban J connectivity index is 1.59. The molecule has 29 heavy (non-hydrogen) atoms. The Morgan fingerprint density at radius 2 is 1.83 bits per heavy atom. The van der Waals surface area contributed by atoms with Crippen molar-refractivity contribution in [1.29, 1.82) is 0 Å². The van der Waals surface area contributed by atoms with Crippen LogP contribution in [0.4, 0.5) is 5.69 Å². The molecule has 1 unspecified atom stereocenters. The van der Waals surface area contributed by atoms with E-state index in [1.807, 2.05) is 31.2 Å². The number of hydrogen-bond donors (Lipinski definition) is 1. The van der Waals surface area contributed by atoms with Crippen LogP contribution in [-0.4, -0.2) is 45.7 Å². The minimum absolute atomic E-state index is 0.0438. The Bertz CT molecular complexity index is 866. The fourth-order valence-corrected chi connectivity index (χ4v) is 3.38. The first-order valence-corrected chi connectivity index (χ1v) is 9.59. The number of nitrogens with zero attached hydrogens (tertiary/aromatic N) is 1. The summed E-state index contributed by atoms with van der Waals surface area (Å²) in [4.78, 5) is 26.7. The van der Waals surface area contributed by atoms with E-state index < -0.39 is 0 Å². The molecule has 7 heteroatoms. The number of carbonyl (C=O) groups excluding carboxylic acids is 2. The number of ether oxygens (including phenoxy) is 3. The van der Waals surface area contributed by atoms with E-state index in [9.17, 15) is 9.59 Å². The average Bonchev–Trinajstić information content (AvgIpc) is 3.12. The van der Waals surface area contributed by atoms with Gasteiger partial charge in [-0.2, -0.15) is 0 Å². The van der Waals surface area contributed by atoms with E-state index in [1.165, 1.54) is 7.11 Å². The lowest BCUT2D eigenvalue weighted by atomic mass is 10.1. The molecule has 0 spiro atoms. The molecule has 1 saturated heterocycles. The van der Waals surface area contributed by atoms with E-state index in [1.54, 1.807) is 30.2 Å². The van der Waals surface area contributed by atoms with Crippen LogP contribution in [0.5, 0.6) is 17.2 Å². The van der Waals surface area contributed by atoms with Gasteiger partial charge in [-0.1, -0.05) is 0 Å². The van der Waals surface area contributed by atoms with Crippen LogP contribution in [0.1, 0.15) is 23.7 Å². The Hall–Kier alpha value is -3.22. The summed E-state index contributed by atoms with van der Waals surface area (Å²) in [7, 11) is 3.07. The van der Waals surface area contributed by atoms with Gasteiger partial charge in [-0.3, -0.25) is 9.59 Å². The van der Waals surface area contributed by atoms with Gasteiger partial charge in [-0.25, -0.2) is 0 Å². The summed E-state index contributed by atoms with van der Waals surface area (Å²) in [5.41, 5.74) is 1.27. The first-order valence-electron chi connectivity index (χ1n) is 9.59. The lowest BCUT2D eigenvalue weighted by Gasteiger charge is -2.18. The summed E-state index contributed by atoms with van der Waals surface area (Å²) < 4.78 is 15.9. The fourth-order valence-electron chi connectivity index (χ4n) is 3.38. The van der Waals surface area contributed by atoms with Crippen molar-refractivity contribution in [2.24, 2.45) is 5.92 Å². The van der Waals surface area contributed by atoms with Crippen LogP contribution in [0, 0.1) is 5.92 Å². The summed E-state index contributed by atoms with van der Waals surface area (Å²) in [5, 5.41) is 2.91. The molecule has 1 aliphatic heterocycles. The van der Waals surface area contributed by atoms with Crippen molar-refractivity contribution < 1.29 is 23.8 Å². The van der Waals surface area contributed by atoms with E-state index in [0.29, 0.717) is 43.2 Å². The first-order chi connectivity index (χ1) is 14.0. The predicted octanol–water partition coefficient (Wildman–Crippen LogP) is 2.89. The highest BCUT2D eigenvalue weighted by molar-refractivity contribution is 5.98. The van der Waals surface area contributed by atoms with Crippen LogP contribution in [0.2, 0.25) is 0 Å². The second-order valence-electron chi connectivity index (χ2n) is 6.78. The summed E-state index contributed by atoms with van der Waals surface area (Å²) in [6, 6.07) is 12.5. The Morgan fingerprint density at radius 3 is 2.48 bits per heavy atom. The van der Waals surface area contributed by atoms with Gasteiger partial charge in [0.2, 0.25) is 5.91 Å². The average molecular weight is 398 g/mol. The molecule has 0 saturated carbocycles. The second-order valence-corrected chi connectivity index (χ2v) is 6.78. The van der Waals surface area contributed by atoms with Gasteiger partial charge in [0.15, 0.2) is 0 Å². The maximum absolute atomic E-state index is 12.6. The van der Waals surface area contributed by atoms with Gasteiger partial charge in [0.05, 0.1) is 26.4 Å². The van der Waals surface area contributed by atoms with Crippen LogP contribution in [0.25, 0.3) is 0 Å². The van der Waals surface area contributed by atoms with Crippen molar-refractivity contribution in [3.8, 4) is 17.2 Å². The van der Waals surface area contributed by atoms with Gasteiger partial charge >= 0.3 is 0 Å². The van der Waals surface area contributed by atoms with E-state index in [2.05, 4.69) is 5.32 Å². The molecular formula is C22H26N2O5. The van der Waals surface area contributed by atoms with Crippen molar-refractivity contribution in [2.45, 2.75) is 13.3 Å². The molecule has 2 amide bonds. The third-order valence-corrected chi connectivity index (χ3v) is 4.87. The van der Waals surface area contributed by atoms with Gasteiger partial charge in [0.25, 0.3) is 5.91 Å². The largest absolute Gasteiger partial charge is 0.497 e. The molecule has 0 radical (unpaired) electrons. The number of methoxy groups -OCH3 is 2. The van der Waals surface area contributed by atoms with Crippen LogP contribution in [-0.2, 0) is 4.79 Å². The molecule has 1 aliphatic rings. The summed E-state index contributed by atoms with van der Waals surface area (Å²) in [6.45, 7) is 3.50. The van der Waals surface area contributed by atoms with Crippen LogP contribution in [0.3, 0.4) is 0 Å². The normalized spacial score (nSPS) is 15.9. The molecule has 2 aromatic rings. The zero-order valence-electron chi connectivity index (χ0n) is 16.9. The van der Waals surface area contributed by atoms with Gasteiger partial charge < -0.3 is 24.4 Å². The minimum atomic E-state index is -0.239. The molecule has 3 rings (SSSR count). The number of nitrogens with one attached hydrogen (secondary N) is 1. The molecule has 0 aromatic heterocycles. The van der Waals surface area contributed by atoms with Crippen LogP contribution >= 0.6 is 0 Å². The number of carbonyl (C=O) groups is 2. The van der Waals surface area contributed by atoms with Crippen molar-refractivity contribution >= 4 is 17.5 Å². The molecule has 154 valence electrons. The first kappa shape index (κ1) is 20.5. The molecule has 1 fully saturated rings. The predicted molar refractivity (Wildman–Crippen MR) is 110 cm³/mol. The highest BCUT2D eigenvalue weighted by atomic mass is 16.5. The molecular weight excluding hydrogens is 372 g/mol. The summed E-state index contributed by atoms with van der Waals surface area (Å²) >= 11 is 0. The fraction of sp³-hybridized carbons (Fsp3) is 0.364. The number of hydrogen-bond acceptors (Lipinski definition) is 5. The molecule has 7 nitrogen and oxygen atoms in total. The van der Waals surface area contributed by atoms with E-state index in [-0.39, 0.29) is 17.7 Å². The van der Waals surface area contributed by atoms with Gasteiger partial charge in [0, 0.05) is 37.2 Å². The summed E-state index contributed by atoms with van der Waals surface area (Å²) in [6.07, 6.45) is 0.396. The van der Waals surface area contributed by atoms with E-state index in [0.717, 1.165) is 11.4 Å². The number of benzene rings is 2. The Labute approximate surface area is 170 Å². The molecule has 2 aromatic carbocycles. The van der Waals surface area contributed by atoms with Crippen LogP contribution < -0.4 is 24.4 Å². The lowest BCUT2D eigenvalue weighted by molar-refractivity contribution is -0.117. The zero-order valence-corrected chi connectivity index (χ0v) is 16.9. The Kier molecular flexibility index (Phi) is 6.59. The third kappa shape index (κ3) is 4.80. The topological polar surface area (TPSA) is 77.1 Å². The van der Waals surface area contributed by atoms with Crippen molar-refractivity contribution in [3.05, 3.63) is 48.0 Å².